The van der Waals surface area contributed by atoms with Gasteiger partial charge in [0, 0.05) is 12.3 Å². The van der Waals surface area contributed by atoms with Gasteiger partial charge in [0.15, 0.2) is 0 Å². The number of carbonyl (C=O) groups excluding carboxylic acids is 2. The van der Waals surface area contributed by atoms with Crippen LogP contribution in [0.5, 0.6) is 0 Å². The molecule has 1 atom stereocenters. The fourth-order valence-corrected chi connectivity index (χ4v) is 2.49. The zero-order chi connectivity index (χ0) is 10.6. The molecule has 0 unspecified atom stereocenters. The molecule has 0 amide bonds. The van der Waals surface area contributed by atoms with Gasteiger partial charge in [-0.15, -0.1) is 0 Å². The summed E-state index contributed by atoms with van der Waals surface area (Å²) in [5.74, 6) is 0.834. The summed E-state index contributed by atoms with van der Waals surface area (Å²) in [4.78, 5) is 22.5. The molecule has 1 aliphatic carbocycles. The van der Waals surface area contributed by atoms with E-state index in [1.807, 2.05) is 0 Å². The van der Waals surface area contributed by atoms with E-state index in [4.69, 9.17) is 0 Å². The maximum atomic E-state index is 11.4. The molecule has 1 rings (SSSR count). The van der Waals surface area contributed by atoms with Gasteiger partial charge in [0.1, 0.15) is 11.6 Å². The Morgan fingerprint density at radius 1 is 1.14 bits per heavy atom. The average molecular weight is 196 g/mol. The summed E-state index contributed by atoms with van der Waals surface area (Å²) < 4.78 is 0. The molecule has 0 aromatic rings. The van der Waals surface area contributed by atoms with Crippen LogP contribution in [0.1, 0.15) is 52.4 Å². The molecule has 1 fully saturated rings. The van der Waals surface area contributed by atoms with E-state index in [0.717, 1.165) is 12.8 Å². The molecular formula is C12H20O2. The maximum absolute atomic E-state index is 11.4. The van der Waals surface area contributed by atoms with Crippen LogP contribution in [-0.2, 0) is 9.59 Å². The molecular weight excluding hydrogens is 176 g/mol. The summed E-state index contributed by atoms with van der Waals surface area (Å²) >= 11 is 0. The highest BCUT2D eigenvalue weighted by atomic mass is 16.1. The van der Waals surface area contributed by atoms with Gasteiger partial charge in [-0.2, -0.15) is 0 Å². The molecule has 0 heterocycles. The largest absolute Gasteiger partial charge is 0.300 e. The van der Waals surface area contributed by atoms with Crippen LogP contribution in [0.15, 0.2) is 0 Å². The molecule has 0 aromatic heterocycles. The molecule has 1 saturated carbocycles. The SMILES string of the molecule is CC(=O)C[C@H](C(C)=O)C1CCCCC1. The summed E-state index contributed by atoms with van der Waals surface area (Å²) in [6.45, 7) is 3.21. The molecule has 0 N–H and O–H groups in total. The Balaban J connectivity index is 2.56. The third-order valence-corrected chi connectivity index (χ3v) is 3.25. The molecule has 80 valence electrons. The highest BCUT2D eigenvalue weighted by molar-refractivity contribution is 5.85. The molecule has 2 nitrogen and oxygen atoms in total. The van der Waals surface area contributed by atoms with Crippen LogP contribution < -0.4 is 0 Å². The van der Waals surface area contributed by atoms with Crippen LogP contribution in [-0.4, -0.2) is 11.6 Å². The lowest BCUT2D eigenvalue weighted by Gasteiger charge is -2.27. The molecule has 0 saturated heterocycles. The second-order valence-corrected chi connectivity index (χ2v) is 4.52. The zero-order valence-corrected chi connectivity index (χ0v) is 9.21. The number of hydrogen-bond acceptors (Lipinski definition) is 2. The minimum absolute atomic E-state index is 0.00722. The van der Waals surface area contributed by atoms with E-state index in [0.29, 0.717) is 12.3 Å². The van der Waals surface area contributed by atoms with Gasteiger partial charge >= 0.3 is 0 Å². The van der Waals surface area contributed by atoms with Crippen molar-refractivity contribution < 1.29 is 9.59 Å². The van der Waals surface area contributed by atoms with E-state index in [1.54, 1.807) is 13.8 Å². The van der Waals surface area contributed by atoms with Crippen LogP contribution >= 0.6 is 0 Å². The van der Waals surface area contributed by atoms with Crippen LogP contribution in [0.4, 0.5) is 0 Å². The van der Waals surface area contributed by atoms with Gasteiger partial charge in [0.2, 0.25) is 0 Å². The minimum Gasteiger partial charge on any atom is -0.300 e. The Morgan fingerprint density at radius 3 is 2.14 bits per heavy atom. The van der Waals surface area contributed by atoms with E-state index in [9.17, 15) is 9.59 Å². The molecule has 0 spiro atoms. The normalized spacial score (nSPS) is 20.4. The van der Waals surface area contributed by atoms with E-state index < -0.39 is 0 Å². The number of hydrogen-bond donors (Lipinski definition) is 0. The van der Waals surface area contributed by atoms with E-state index in [1.165, 1.54) is 19.3 Å². The van der Waals surface area contributed by atoms with Crippen LogP contribution in [0.2, 0.25) is 0 Å². The highest BCUT2D eigenvalue weighted by Gasteiger charge is 2.27. The fourth-order valence-electron chi connectivity index (χ4n) is 2.49. The first-order valence-corrected chi connectivity index (χ1v) is 5.61. The van der Waals surface area contributed by atoms with Crippen LogP contribution in [0.3, 0.4) is 0 Å². The van der Waals surface area contributed by atoms with Crippen molar-refractivity contribution in [3.8, 4) is 0 Å². The highest BCUT2D eigenvalue weighted by Crippen LogP contribution is 2.32. The van der Waals surface area contributed by atoms with Gasteiger partial charge in [0.25, 0.3) is 0 Å². The first kappa shape index (κ1) is 11.4. The van der Waals surface area contributed by atoms with Gasteiger partial charge < -0.3 is 4.79 Å². The van der Waals surface area contributed by atoms with Gasteiger partial charge in [-0.1, -0.05) is 19.3 Å². The molecule has 2 heteroatoms. The van der Waals surface area contributed by atoms with Crippen molar-refractivity contribution in [1.29, 1.82) is 0 Å². The molecule has 0 aromatic carbocycles. The Morgan fingerprint density at radius 2 is 1.71 bits per heavy atom. The second-order valence-electron chi connectivity index (χ2n) is 4.52. The number of Topliss-reactive ketones (excluding diaryl/α,β-unsaturated/α-hetero) is 2. The van der Waals surface area contributed by atoms with E-state index in [2.05, 4.69) is 0 Å². The van der Waals surface area contributed by atoms with Crippen molar-refractivity contribution in [3.05, 3.63) is 0 Å². The van der Waals surface area contributed by atoms with Crippen molar-refractivity contribution in [2.75, 3.05) is 0 Å². The number of ketones is 2. The first-order chi connectivity index (χ1) is 6.61. The van der Waals surface area contributed by atoms with Crippen molar-refractivity contribution in [3.63, 3.8) is 0 Å². The second kappa shape index (κ2) is 5.28. The van der Waals surface area contributed by atoms with Gasteiger partial charge in [-0.05, 0) is 32.6 Å². The maximum Gasteiger partial charge on any atom is 0.133 e. The van der Waals surface area contributed by atoms with Crippen LogP contribution in [0, 0.1) is 11.8 Å². The van der Waals surface area contributed by atoms with Crippen molar-refractivity contribution >= 4 is 11.6 Å². The Bertz CT molecular complexity index is 214. The quantitative estimate of drug-likeness (QED) is 0.692. The molecule has 1 aliphatic rings. The van der Waals surface area contributed by atoms with Gasteiger partial charge in [-0.3, -0.25) is 4.79 Å². The Labute approximate surface area is 86.1 Å². The topological polar surface area (TPSA) is 34.1 Å². The van der Waals surface area contributed by atoms with E-state index >= 15 is 0 Å². The summed E-state index contributed by atoms with van der Waals surface area (Å²) in [6.07, 6.45) is 6.48. The zero-order valence-electron chi connectivity index (χ0n) is 9.21. The minimum atomic E-state index is 0.00722. The number of rotatable bonds is 4. The van der Waals surface area contributed by atoms with Crippen molar-refractivity contribution in [2.24, 2.45) is 11.8 Å². The van der Waals surface area contributed by atoms with Crippen molar-refractivity contribution in [2.45, 2.75) is 52.4 Å². The predicted molar refractivity (Wildman–Crippen MR) is 56.0 cm³/mol. The fraction of sp³-hybridized carbons (Fsp3) is 0.833. The molecule has 0 radical (unpaired) electrons. The monoisotopic (exact) mass is 196 g/mol. The van der Waals surface area contributed by atoms with E-state index in [-0.39, 0.29) is 17.5 Å². The molecule has 0 aliphatic heterocycles. The predicted octanol–water partition coefficient (Wildman–Crippen LogP) is 2.75. The Kier molecular flexibility index (Phi) is 4.30. The summed E-state index contributed by atoms with van der Waals surface area (Å²) in [5.41, 5.74) is 0. The third-order valence-electron chi connectivity index (χ3n) is 3.25. The lowest BCUT2D eigenvalue weighted by Crippen LogP contribution is -2.25. The molecule has 14 heavy (non-hydrogen) atoms. The standard InChI is InChI=1S/C12H20O2/c1-9(13)8-12(10(2)14)11-6-4-3-5-7-11/h11-12H,3-8H2,1-2H3/t12-/m1/s1. The van der Waals surface area contributed by atoms with Crippen LogP contribution in [0.25, 0.3) is 0 Å². The summed E-state index contributed by atoms with van der Waals surface area (Å²) in [5, 5.41) is 0. The average Bonchev–Trinajstić information content (AvgIpc) is 2.15. The molecule has 0 bridgehead atoms. The lowest BCUT2D eigenvalue weighted by molar-refractivity contribution is -0.127. The summed E-state index contributed by atoms with van der Waals surface area (Å²) in [6, 6.07) is 0. The number of carbonyl (C=O) groups is 2. The van der Waals surface area contributed by atoms with Crippen molar-refractivity contribution in [1.82, 2.24) is 0 Å². The van der Waals surface area contributed by atoms with Gasteiger partial charge in [-0.25, -0.2) is 0 Å². The lowest BCUT2D eigenvalue weighted by atomic mass is 9.76. The first-order valence-electron chi connectivity index (χ1n) is 5.61. The van der Waals surface area contributed by atoms with Gasteiger partial charge in [0.05, 0.1) is 0 Å². The summed E-state index contributed by atoms with van der Waals surface area (Å²) in [7, 11) is 0. The third kappa shape index (κ3) is 3.24. The smallest absolute Gasteiger partial charge is 0.133 e. The Hall–Kier alpha value is -0.660.